The zero-order valence-corrected chi connectivity index (χ0v) is 25.3. The molecule has 1 unspecified atom stereocenters. The number of nitrogens with one attached hydrogen (secondary N) is 1. The van der Waals surface area contributed by atoms with Gasteiger partial charge in [0.1, 0.15) is 12.6 Å². The number of unbranched alkanes of at least 4 members (excludes halogenated alkanes) is 1. The molecule has 7 nitrogen and oxygen atoms in total. The first-order valence-electron chi connectivity index (χ1n) is 13.4. The van der Waals surface area contributed by atoms with E-state index in [4.69, 9.17) is 11.6 Å². The second-order valence-corrected chi connectivity index (χ2v) is 12.4. The molecule has 0 fully saturated rings. The number of nitrogens with zero attached hydrogens (tertiary/aromatic N) is 2. The Kier molecular flexibility index (Phi) is 10.8. The second-order valence-electron chi connectivity index (χ2n) is 10.1. The Bertz CT molecular complexity index is 1440. The Hall–Kier alpha value is -3.36. The van der Waals surface area contributed by atoms with Crippen LogP contribution in [-0.2, 0) is 26.2 Å². The summed E-state index contributed by atoms with van der Waals surface area (Å²) in [5, 5.41) is 3.30. The van der Waals surface area contributed by atoms with Crippen LogP contribution in [-0.4, -0.2) is 44.3 Å². The van der Waals surface area contributed by atoms with Gasteiger partial charge in [0.15, 0.2) is 0 Å². The molecule has 0 saturated heterocycles. The number of halogens is 1. The smallest absolute Gasteiger partial charge is 0.264 e. The van der Waals surface area contributed by atoms with E-state index in [1.54, 1.807) is 19.1 Å². The molecule has 0 radical (unpaired) electrons. The van der Waals surface area contributed by atoms with Crippen LogP contribution in [0.1, 0.15) is 48.9 Å². The largest absolute Gasteiger partial charge is 0.354 e. The van der Waals surface area contributed by atoms with Crippen LogP contribution in [0, 0.1) is 20.8 Å². The number of sulfonamides is 1. The van der Waals surface area contributed by atoms with Crippen molar-refractivity contribution in [3.8, 4) is 0 Å². The maximum Gasteiger partial charge on any atom is 0.264 e. The Labute approximate surface area is 243 Å². The van der Waals surface area contributed by atoms with Crippen LogP contribution >= 0.6 is 11.6 Å². The number of anilines is 1. The molecule has 0 saturated carbocycles. The summed E-state index contributed by atoms with van der Waals surface area (Å²) in [6, 6.07) is 18.0. The lowest BCUT2D eigenvalue weighted by molar-refractivity contribution is -0.139. The molecule has 3 rings (SSSR count). The van der Waals surface area contributed by atoms with Crippen LogP contribution in [0.15, 0.2) is 71.6 Å². The Morgan fingerprint density at radius 3 is 2.27 bits per heavy atom. The molecular weight excluding hydrogens is 546 g/mol. The summed E-state index contributed by atoms with van der Waals surface area (Å²) in [6.45, 7) is 9.67. The average molecular weight is 584 g/mol. The molecule has 1 N–H and O–H groups in total. The highest BCUT2D eigenvalue weighted by Gasteiger charge is 2.32. The van der Waals surface area contributed by atoms with Crippen LogP contribution in [0.3, 0.4) is 0 Å². The van der Waals surface area contributed by atoms with Crippen LogP contribution in [0.4, 0.5) is 5.69 Å². The fourth-order valence-electron chi connectivity index (χ4n) is 4.27. The second kappa shape index (κ2) is 13.8. The number of amides is 2. The molecule has 214 valence electrons. The minimum Gasteiger partial charge on any atom is -0.354 e. The van der Waals surface area contributed by atoms with Gasteiger partial charge in [0.05, 0.1) is 10.6 Å². The number of rotatable bonds is 12. The monoisotopic (exact) mass is 583 g/mol. The molecule has 2 amide bonds. The summed E-state index contributed by atoms with van der Waals surface area (Å²) in [5.41, 5.74) is 4.12. The molecule has 0 aliphatic carbocycles. The minimum absolute atomic E-state index is 0.0125. The first-order chi connectivity index (χ1) is 18.9. The van der Waals surface area contributed by atoms with Gasteiger partial charge in [-0.3, -0.25) is 13.9 Å². The van der Waals surface area contributed by atoms with E-state index in [0.29, 0.717) is 17.3 Å². The fourth-order valence-corrected chi connectivity index (χ4v) is 5.80. The maximum atomic E-state index is 14.0. The van der Waals surface area contributed by atoms with Crippen LogP contribution < -0.4 is 9.62 Å². The predicted octanol–water partition coefficient (Wildman–Crippen LogP) is 5.79. The third kappa shape index (κ3) is 7.86. The summed E-state index contributed by atoms with van der Waals surface area (Å²) in [4.78, 5) is 28.5. The highest BCUT2D eigenvalue weighted by Crippen LogP contribution is 2.27. The van der Waals surface area contributed by atoms with E-state index < -0.39 is 28.5 Å². The van der Waals surface area contributed by atoms with E-state index in [0.717, 1.165) is 39.4 Å². The standard InChI is InChI=1S/C31H38ClN3O4S/c1-6-7-17-33-31(37)25(5)34(20-26-10-8-9-22(2)18-26)30(36)21-35(28-14-11-23(3)24(4)19-28)40(38,39)29-15-12-27(32)13-16-29/h8-16,18-19,25H,6-7,17,20-21H2,1-5H3,(H,33,37). The van der Waals surface area contributed by atoms with E-state index in [9.17, 15) is 18.0 Å². The van der Waals surface area contributed by atoms with Gasteiger partial charge in [-0.05, 0) is 87.2 Å². The SMILES string of the molecule is CCCCNC(=O)C(C)N(Cc1cccc(C)c1)C(=O)CN(c1ccc(C)c(C)c1)S(=O)(=O)c1ccc(Cl)cc1. The molecule has 3 aromatic rings. The van der Waals surface area contributed by atoms with Crippen molar-refractivity contribution < 1.29 is 18.0 Å². The van der Waals surface area contributed by atoms with Gasteiger partial charge in [0.2, 0.25) is 11.8 Å². The lowest BCUT2D eigenvalue weighted by atomic mass is 10.1. The molecule has 9 heteroatoms. The number of benzene rings is 3. The first kappa shape index (κ1) is 31.2. The Morgan fingerprint density at radius 1 is 0.950 bits per heavy atom. The highest BCUT2D eigenvalue weighted by molar-refractivity contribution is 7.92. The minimum atomic E-state index is -4.15. The number of hydrogen-bond donors (Lipinski definition) is 1. The van der Waals surface area contributed by atoms with E-state index in [2.05, 4.69) is 5.32 Å². The molecular formula is C31H38ClN3O4S. The Morgan fingerprint density at radius 2 is 1.65 bits per heavy atom. The van der Waals surface area contributed by atoms with E-state index in [-0.39, 0.29) is 17.3 Å². The van der Waals surface area contributed by atoms with Gasteiger partial charge in [0.25, 0.3) is 10.0 Å². The van der Waals surface area contributed by atoms with Crippen molar-refractivity contribution in [2.45, 2.75) is 64.9 Å². The predicted molar refractivity (Wildman–Crippen MR) is 161 cm³/mol. The zero-order valence-electron chi connectivity index (χ0n) is 23.8. The molecule has 0 aromatic heterocycles. The van der Waals surface area contributed by atoms with Crippen LogP contribution in [0.25, 0.3) is 0 Å². The average Bonchev–Trinajstić information content (AvgIpc) is 2.91. The molecule has 0 bridgehead atoms. The molecule has 40 heavy (non-hydrogen) atoms. The summed E-state index contributed by atoms with van der Waals surface area (Å²) in [6.07, 6.45) is 1.75. The van der Waals surface area contributed by atoms with Gasteiger partial charge >= 0.3 is 0 Å². The summed E-state index contributed by atoms with van der Waals surface area (Å²) < 4.78 is 28.9. The van der Waals surface area contributed by atoms with Gasteiger partial charge < -0.3 is 10.2 Å². The van der Waals surface area contributed by atoms with Crippen molar-refractivity contribution in [2.75, 3.05) is 17.4 Å². The van der Waals surface area contributed by atoms with Crippen molar-refractivity contribution in [3.05, 3.63) is 94.0 Å². The van der Waals surface area contributed by atoms with Gasteiger partial charge in [-0.25, -0.2) is 8.42 Å². The van der Waals surface area contributed by atoms with Crippen LogP contribution in [0.2, 0.25) is 5.02 Å². The van der Waals surface area contributed by atoms with Crippen molar-refractivity contribution in [1.82, 2.24) is 10.2 Å². The molecule has 0 aliphatic heterocycles. The normalized spacial score (nSPS) is 12.1. The number of carbonyl (C=O) groups excluding carboxylic acids is 2. The quantitative estimate of drug-likeness (QED) is 0.273. The molecule has 1 atom stereocenters. The Balaban J connectivity index is 2.03. The summed E-state index contributed by atoms with van der Waals surface area (Å²) in [5.74, 6) is -0.775. The summed E-state index contributed by atoms with van der Waals surface area (Å²) >= 11 is 6.01. The lowest BCUT2D eigenvalue weighted by Gasteiger charge is -2.32. The highest BCUT2D eigenvalue weighted by atomic mass is 35.5. The van der Waals surface area contributed by atoms with E-state index >= 15 is 0 Å². The first-order valence-corrected chi connectivity index (χ1v) is 15.2. The van der Waals surface area contributed by atoms with Crippen molar-refractivity contribution in [3.63, 3.8) is 0 Å². The van der Waals surface area contributed by atoms with E-state index in [1.807, 2.05) is 58.0 Å². The van der Waals surface area contributed by atoms with Gasteiger partial charge in [0, 0.05) is 18.1 Å². The van der Waals surface area contributed by atoms with Crippen molar-refractivity contribution in [1.29, 1.82) is 0 Å². The lowest BCUT2D eigenvalue weighted by Crippen LogP contribution is -2.51. The third-order valence-electron chi connectivity index (χ3n) is 6.89. The zero-order chi connectivity index (χ0) is 29.4. The van der Waals surface area contributed by atoms with Gasteiger partial charge in [-0.1, -0.05) is 60.8 Å². The number of carbonyl (C=O) groups is 2. The van der Waals surface area contributed by atoms with Gasteiger partial charge in [-0.15, -0.1) is 0 Å². The molecule has 0 heterocycles. The molecule has 0 spiro atoms. The maximum absolute atomic E-state index is 14.0. The van der Waals surface area contributed by atoms with Crippen molar-refractivity contribution in [2.24, 2.45) is 0 Å². The number of aryl methyl sites for hydroxylation is 3. The van der Waals surface area contributed by atoms with E-state index in [1.165, 1.54) is 29.2 Å². The van der Waals surface area contributed by atoms with Crippen LogP contribution in [0.5, 0.6) is 0 Å². The molecule has 0 aliphatic rings. The summed E-state index contributed by atoms with van der Waals surface area (Å²) in [7, 11) is -4.15. The fraction of sp³-hybridized carbons (Fsp3) is 0.355. The van der Waals surface area contributed by atoms with Crippen molar-refractivity contribution >= 4 is 39.1 Å². The third-order valence-corrected chi connectivity index (χ3v) is 8.93. The topological polar surface area (TPSA) is 86.8 Å². The number of hydrogen-bond acceptors (Lipinski definition) is 4. The van der Waals surface area contributed by atoms with Gasteiger partial charge in [-0.2, -0.15) is 0 Å². The molecule has 3 aromatic carbocycles.